The third-order valence-corrected chi connectivity index (χ3v) is 4.67. The first-order chi connectivity index (χ1) is 10.3. The van der Waals surface area contributed by atoms with Gasteiger partial charge in [0.05, 0.1) is 17.3 Å². The Morgan fingerprint density at radius 3 is 3.05 bits per heavy atom. The molecule has 110 valence electrons. The molecule has 21 heavy (non-hydrogen) atoms. The Morgan fingerprint density at radius 2 is 2.33 bits per heavy atom. The van der Waals surface area contributed by atoms with E-state index in [0.29, 0.717) is 24.3 Å². The maximum atomic E-state index is 11.7. The van der Waals surface area contributed by atoms with Crippen molar-refractivity contribution in [3.63, 3.8) is 0 Å². The van der Waals surface area contributed by atoms with E-state index in [2.05, 4.69) is 20.4 Å². The zero-order chi connectivity index (χ0) is 14.2. The summed E-state index contributed by atoms with van der Waals surface area (Å²) in [6.45, 7) is 2.09. The maximum Gasteiger partial charge on any atom is 0.234 e. The zero-order valence-corrected chi connectivity index (χ0v) is 12.3. The monoisotopic (exact) mass is 304 g/mol. The van der Waals surface area contributed by atoms with Crippen molar-refractivity contribution in [1.82, 2.24) is 20.4 Å². The molecule has 1 aliphatic carbocycles. The molecule has 0 aromatic carbocycles. The van der Waals surface area contributed by atoms with Crippen molar-refractivity contribution in [3.05, 3.63) is 23.4 Å². The van der Waals surface area contributed by atoms with Gasteiger partial charge in [0, 0.05) is 19.1 Å². The van der Waals surface area contributed by atoms with Gasteiger partial charge in [0.1, 0.15) is 0 Å². The fourth-order valence-electron chi connectivity index (χ4n) is 2.47. The standard InChI is InChI=1S/C14H16N4O2S/c19-12(15-10-3-4-10)8-18-6-9(7-18)14-16-13(17-20-14)11-2-1-5-21-11/h1-2,5,9-10H,3-4,6-8H2,(H,15,19). The van der Waals surface area contributed by atoms with Crippen LogP contribution < -0.4 is 5.32 Å². The van der Waals surface area contributed by atoms with Gasteiger partial charge in [-0.1, -0.05) is 11.2 Å². The molecule has 1 N–H and O–H groups in total. The minimum absolute atomic E-state index is 0.126. The third-order valence-electron chi connectivity index (χ3n) is 3.80. The first-order valence-corrected chi connectivity index (χ1v) is 8.05. The number of hydrogen-bond donors (Lipinski definition) is 1. The summed E-state index contributed by atoms with van der Waals surface area (Å²) in [6.07, 6.45) is 2.25. The van der Waals surface area contributed by atoms with E-state index in [9.17, 15) is 4.79 Å². The molecule has 2 aromatic rings. The van der Waals surface area contributed by atoms with Gasteiger partial charge in [-0.3, -0.25) is 9.69 Å². The molecule has 4 rings (SSSR count). The number of thiophene rings is 1. The molecule has 2 aromatic heterocycles. The predicted molar refractivity (Wildman–Crippen MR) is 78.0 cm³/mol. The Bertz CT molecular complexity index is 629. The molecule has 1 saturated heterocycles. The molecule has 1 saturated carbocycles. The van der Waals surface area contributed by atoms with Gasteiger partial charge in [0.25, 0.3) is 0 Å². The van der Waals surface area contributed by atoms with Crippen molar-refractivity contribution in [1.29, 1.82) is 0 Å². The largest absolute Gasteiger partial charge is 0.352 e. The van der Waals surface area contributed by atoms with Crippen LogP contribution in [0, 0.1) is 0 Å². The Morgan fingerprint density at radius 1 is 1.48 bits per heavy atom. The van der Waals surface area contributed by atoms with Crippen LogP contribution in [0.25, 0.3) is 10.7 Å². The Balaban J connectivity index is 1.30. The van der Waals surface area contributed by atoms with Gasteiger partial charge in [-0.15, -0.1) is 11.3 Å². The molecule has 7 heteroatoms. The number of carbonyl (C=O) groups is 1. The summed E-state index contributed by atoms with van der Waals surface area (Å²) in [6, 6.07) is 4.38. The van der Waals surface area contributed by atoms with Gasteiger partial charge in [0.2, 0.25) is 17.6 Å². The molecule has 0 radical (unpaired) electrons. The summed E-state index contributed by atoms with van der Waals surface area (Å²) in [5.74, 6) is 1.71. The third kappa shape index (κ3) is 2.84. The van der Waals surface area contributed by atoms with E-state index >= 15 is 0 Å². The quantitative estimate of drug-likeness (QED) is 0.906. The van der Waals surface area contributed by atoms with Crippen LogP contribution in [-0.2, 0) is 4.79 Å². The van der Waals surface area contributed by atoms with Gasteiger partial charge in [-0.05, 0) is 24.3 Å². The summed E-state index contributed by atoms with van der Waals surface area (Å²) in [7, 11) is 0. The van der Waals surface area contributed by atoms with Crippen LogP contribution in [0.15, 0.2) is 22.0 Å². The van der Waals surface area contributed by atoms with E-state index in [1.54, 1.807) is 11.3 Å². The molecule has 3 heterocycles. The van der Waals surface area contributed by atoms with Crippen LogP contribution in [0.4, 0.5) is 0 Å². The average molecular weight is 304 g/mol. The second-order valence-electron chi connectivity index (χ2n) is 5.67. The molecular formula is C14H16N4O2S. The Labute approximate surface area is 126 Å². The molecule has 0 atom stereocenters. The van der Waals surface area contributed by atoms with E-state index in [4.69, 9.17) is 4.52 Å². The van der Waals surface area contributed by atoms with E-state index in [1.165, 1.54) is 0 Å². The summed E-state index contributed by atoms with van der Waals surface area (Å²) < 4.78 is 5.34. The molecule has 2 fully saturated rings. The van der Waals surface area contributed by atoms with Crippen LogP contribution in [0.5, 0.6) is 0 Å². The normalized spacial score (nSPS) is 19.4. The SMILES string of the molecule is O=C(CN1CC(c2nc(-c3cccs3)no2)C1)NC1CC1. The highest BCUT2D eigenvalue weighted by atomic mass is 32.1. The highest BCUT2D eigenvalue weighted by Crippen LogP contribution is 2.28. The smallest absolute Gasteiger partial charge is 0.234 e. The predicted octanol–water partition coefficient (Wildman–Crippen LogP) is 1.48. The number of carbonyl (C=O) groups excluding carboxylic acids is 1. The van der Waals surface area contributed by atoms with Crippen molar-refractivity contribution < 1.29 is 9.32 Å². The number of nitrogens with one attached hydrogen (secondary N) is 1. The van der Waals surface area contributed by atoms with E-state index in [-0.39, 0.29) is 11.8 Å². The number of likely N-dealkylation sites (tertiary alicyclic amines) is 1. The van der Waals surface area contributed by atoms with Crippen LogP contribution in [0.1, 0.15) is 24.7 Å². The topological polar surface area (TPSA) is 71.3 Å². The minimum atomic E-state index is 0.126. The van der Waals surface area contributed by atoms with Crippen LogP contribution in [0.2, 0.25) is 0 Å². The molecular weight excluding hydrogens is 288 g/mol. The van der Waals surface area contributed by atoms with Crippen molar-refractivity contribution in [3.8, 4) is 10.7 Å². The van der Waals surface area contributed by atoms with Gasteiger partial charge < -0.3 is 9.84 Å². The first kappa shape index (κ1) is 13.0. The Kier molecular flexibility index (Phi) is 3.23. The number of rotatable bonds is 5. The lowest BCUT2D eigenvalue weighted by molar-refractivity contribution is -0.123. The van der Waals surface area contributed by atoms with Gasteiger partial charge >= 0.3 is 0 Å². The summed E-state index contributed by atoms with van der Waals surface area (Å²) in [4.78, 5) is 19.3. The van der Waals surface area contributed by atoms with Crippen molar-refractivity contribution in [2.75, 3.05) is 19.6 Å². The lowest BCUT2D eigenvalue weighted by Crippen LogP contribution is -2.49. The molecule has 0 spiro atoms. The van der Waals surface area contributed by atoms with Gasteiger partial charge in [-0.2, -0.15) is 4.98 Å². The second kappa shape index (κ2) is 5.23. The number of hydrogen-bond acceptors (Lipinski definition) is 6. The molecule has 6 nitrogen and oxygen atoms in total. The van der Waals surface area contributed by atoms with Crippen LogP contribution >= 0.6 is 11.3 Å². The van der Waals surface area contributed by atoms with E-state index in [1.807, 2.05) is 17.5 Å². The summed E-state index contributed by atoms with van der Waals surface area (Å²) >= 11 is 1.60. The number of amides is 1. The molecule has 0 unspecified atom stereocenters. The fraction of sp³-hybridized carbons (Fsp3) is 0.500. The van der Waals surface area contributed by atoms with Crippen molar-refractivity contribution >= 4 is 17.2 Å². The Hall–Kier alpha value is -1.73. The van der Waals surface area contributed by atoms with E-state index < -0.39 is 0 Å². The molecule has 1 aliphatic heterocycles. The number of nitrogens with zero attached hydrogens (tertiary/aromatic N) is 3. The van der Waals surface area contributed by atoms with Gasteiger partial charge in [-0.25, -0.2) is 0 Å². The highest BCUT2D eigenvalue weighted by Gasteiger charge is 2.34. The minimum Gasteiger partial charge on any atom is -0.352 e. The average Bonchev–Trinajstić information content (AvgIpc) is 2.95. The summed E-state index contributed by atoms with van der Waals surface area (Å²) in [5.41, 5.74) is 0. The fourth-order valence-corrected chi connectivity index (χ4v) is 3.12. The molecule has 2 aliphatic rings. The first-order valence-electron chi connectivity index (χ1n) is 7.17. The zero-order valence-electron chi connectivity index (χ0n) is 11.5. The highest BCUT2D eigenvalue weighted by molar-refractivity contribution is 7.13. The molecule has 0 bridgehead atoms. The maximum absolute atomic E-state index is 11.7. The lowest BCUT2D eigenvalue weighted by Gasteiger charge is -2.36. The van der Waals surface area contributed by atoms with Crippen LogP contribution in [-0.4, -0.2) is 46.6 Å². The van der Waals surface area contributed by atoms with Crippen molar-refractivity contribution in [2.45, 2.75) is 24.8 Å². The van der Waals surface area contributed by atoms with Crippen LogP contribution in [0.3, 0.4) is 0 Å². The van der Waals surface area contributed by atoms with Crippen molar-refractivity contribution in [2.24, 2.45) is 0 Å². The van der Waals surface area contributed by atoms with Gasteiger partial charge in [0.15, 0.2) is 0 Å². The second-order valence-corrected chi connectivity index (χ2v) is 6.61. The summed E-state index contributed by atoms with van der Waals surface area (Å²) in [5, 5.41) is 9.02. The number of aromatic nitrogens is 2. The molecule has 1 amide bonds. The lowest BCUT2D eigenvalue weighted by atomic mass is 10.0. The van der Waals surface area contributed by atoms with E-state index in [0.717, 1.165) is 30.8 Å².